The third kappa shape index (κ3) is 6.38. The van der Waals surface area contributed by atoms with Crippen molar-refractivity contribution in [3.63, 3.8) is 0 Å². The molecule has 1 aliphatic rings. The Balaban J connectivity index is 1.47. The smallest absolute Gasteiger partial charge is 0.248 e. The van der Waals surface area contributed by atoms with Gasteiger partial charge in [-0.1, -0.05) is 0 Å². The van der Waals surface area contributed by atoms with Gasteiger partial charge in [-0.05, 0) is 52.8 Å². The Hall–Kier alpha value is -2.53. The Morgan fingerprint density at radius 3 is 2.57 bits per heavy atom. The third-order valence-electron chi connectivity index (χ3n) is 5.94. The Morgan fingerprint density at radius 1 is 1.17 bits per heavy atom. The number of aromatic nitrogens is 2. The summed E-state index contributed by atoms with van der Waals surface area (Å²) in [6, 6.07) is 5.74. The predicted octanol–water partition coefficient (Wildman–Crippen LogP) is 4.73. The molecule has 2 aromatic heterocycles. The molecule has 188 valence electrons. The van der Waals surface area contributed by atoms with Crippen molar-refractivity contribution in [3.05, 3.63) is 39.8 Å². The highest BCUT2D eigenvalue weighted by molar-refractivity contribution is 7.16. The number of primary amides is 1. The molecule has 1 aromatic carbocycles. The summed E-state index contributed by atoms with van der Waals surface area (Å²) in [7, 11) is 0. The number of thiazole rings is 2. The molecule has 0 spiro atoms. The van der Waals surface area contributed by atoms with E-state index in [4.69, 9.17) is 20.4 Å². The molecule has 3 heterocycles. The highest BCUT2D eigenvalue weighted by Gasteiger charge is 2.21. The maximum atomic E-state index is 11.7. The van der Waals surface area contributed by atoms with Crippen LogP contribution in [0.15, 0.2) is 23.6 Å². The van der Waals surface area contributed by atoms with Gasteiger partial charge < -0.3 is 15.8 Å². The predicted molar refractivity (Wildman–Crippen MR) is 144 cm³/mol. The molecule has 1 fully saturated rings. The number of rotatable bonds is 9. The number of nitrogens with two attached hydrogens (primary N) is 1. The van der Waals surface area contributed by atoms with E-state index in [2.05, 4.69) is 29.0 Å². The number of nitrogens with one attached hydrogen (secondary N) is 1. The van der Waals surface area contributed by atoms with E-state index >= 15 is 0 Å². The quantitative estimate of drug-likeness (QED) is 0.426. The van der Waals surface area contributed by atoms with Gasteiger partial charge >= 0.3 is 0 Å². The summed E-state index contributed by atoms with van der Waals surface area (Å²) < 4.78 is 5.90. The standard InChI is InChI=1S/C25H34N6O2S2/c1-15(2)31-10-8-30(9-11-31)13-22-27-17(5)23(35-22)20-14-34-25(29-20)28-19-12-18(24(26)32)6-7-21(19)33-16(3)4/h6-7,12,14-16H,8-11,13H2,1-5H3,(H2,26,32)(H,28,29). The normalized spacial score (nSPS) is 15.2. The van der Waals surface area contributed by atoms with Crippen LogP contribution in [0.3, 0.4) is 0 Å². The summed E-state index contributed by atoms with van der Waals surface area (Å²) in [5, 5.41) is 7.19. The van der Waals surface area contributed by atoms with Crippen molar-refractivity contribution in [2.24, 2.45) is 5.73 Å². The van der Waals surface area contributed by atoms with E-state index in [0.29, 0.717) is 23.0 Å². The van der Waals surface area contributed by atoms with Gasteiger partial charge in [0.1, 0.15) is 10.8 Å². The van der Waals surface area contributed by atoms with Gasteiger partial charge in [-0.2, -0.15) is 0 Å². The number of piperazine rings is 1. The Labute approximate surface area is 215 Å². The second-order valence-corrected chi connectivity index (χ2v) is 11.3. The van der Waals surface area contributed by atoms with E-state index in [1.807, 2.05) is 26.2 Å². The first-order chi connectivity index (χ1) is 16.7. The van der Waals surface area contributed by atoms with Gasteiger partial charge in [0.05, 0.1) is 34.6 Å². The molecule has 1 saturated heterocycles. The third-order valence-corrected chi connectivity index (χ3v) is 7.86. The van der Waals surface area contributed by atoms with Crippen molar-refractivity contribution >= 4 is 39.4 Å². The number of carbonyl (C=O) groups excluding carboxylic acids is 1. The number of ether oxygens (including phenoxy) is 1. The molecular formula is C25H34N6O2S2. The summed E-state index contributed by atoms with van der Waals surface area (Å²) in [5.74, 6) is 0.165. The molecule has 3 N–H and O–H groups in total. The van der Waals surface area contributed by atoms with Crippen LogP contribution >= 0.6 is 22.7 Å². The van der Waals surface area contributed by atoms with E-state index in [0.717, 1.165) is 59.1 Å². The highest BCUT2D eigenvalue weighted by atomic mass is 32.1. The number of carbonyl (C=O) groups is 1. The second-order valence-electron chi connectivity index (χ2n) is 9.33. The molecule has 1 amide bonds. The van der Waals surface area contributed by atoms with E-state index < -0.39 is 5.91 Å². The summed E-state index contributed by atoms with van der Waals surface area (Å²) in [6.07, 6.45) is -0.00607. The lowest BCUT2D eigenvalue weighted by Gasteiger charge is -2.36. The number of hydrogen-bond donors (Lipinski definition) is 2. The molecule has 8 nitrogen and oxygen atoms in total. The first kappa shape index (κ1) is 25.6. The van der Waals surface area contributed by atoms with Crippen LogP contribution in [0.2, 0.25) is 0 Å². The minimum absolute atomic E-state index is 0.00607. The molecule has 0 unspecified atom stereocenters. The van der Waals surface area contributed by atoms with Gasteiger partial charge in [-0.3, -0.25) is 14.6 Å². The minimum atomic E-state index is -0.484. The first-order valence-electron chi connectivity index (χ1n) is 12.0. The van der Waals surface area contributed by atoms with Gasteiger partial charge in [-0.15, -0.1) is 22.7 Å². The van der Waals surface area contributed by atoms with E-state index in [-0.39, 0.29) is 6.10 Å². The zero-order chi connectivity index (χ0) is 25.1. The van der Waals surface area contributed by atoms with Crippen LogP contribution in [-0.4, -0.2) is 64.0 Å². The lowest BCUT2D eigenvalue weighted by molar-refractivity contribution is 0.1000. The van der Waals surface area contributed by atoms with Crippen molar-refractivity contribution < 1.29 is 9.53 Å². The van der Waals surface area contributed by atoms with Crippen LogP contribution in [0.5, 0.6) is 5.75 Å². The van der Waals surface area contributed by atoms with Gasteiger partial charge in [0, 0.05) is 43.2 Å². The maximum Gasteiger partial charge on any atom is 0.248 e. The number of benzene rings is 1. The average Bonchev–Trinajstić information content (AvgIpc) is 3.40. The van der Waals surface area contributed by atoms with Crippen molar-refractivity contribution in [1.29, 1.82) is 0 Å². The summed E-state index contributed by atoms with van der Waals surface area (Å²) in [4.78, 5) is 27.4. The van der Waals surface area contributed by atoms with Gasteiger partial charge in [-0.25, -0.2) is 9.97 Å². The van der Waals surface area contributed by atoms with E-state index in [9.17, 15) is 4.79 Å². The average molecular weight is 515 g/mol. The molecule has 0 saturated carbocycles. The molecule has 10 heteroatoms. The molecule has 0 atom stereocenters. The monoisotopic (exact) mass is 514 g/mol. The van der Waals surface area contributed by atoms with Crippen molar-refractivity contribution in [3.8, 4) is 16.3 Å². The molecule has 35 heavy (non-hydrogen) atoms. The minimum Gasteiger partial charge on any atom is -0.489 e. The van der Waals surface area contributed by atoms with E-state index in [1.54, 1.807) is 29.5 Å². The number of anilines is 2. The summed E-state index contributed by atoms with van der Waals surface area (Å²) in [6.45, 7) is 15.7. The van der Waals surface area contributed by atoms with Crippen molar-refractivity contribution in [2.75, 3.05) is 31.5 Å². The Kier molecular flexibility index (Phi) is 8.05. The fourth-order valence-electron chi connectivity index (χ4n) is 4.07. The SMILES string of the molecule is Cc1nc(CN2CCN(C(C)C)CC2)sc1-c1csc(Nc2cc(C(N)=O)ccc2OC(C)C)n1. The Morgan fingerprint density at radius 2 is 1.91 bits per heavy atom. The first-order valence-corrected chi connectivity index (χ1v) is 13.7. The zero-order valence-corrected chi connectivity index (χ0v) is 22.6. The van der Waals surface area contributed by atoms with Crippen LogP contribution in [-0.2, 0) is 6.54 Å². The zero-order valence-electron chi connectivity index (χ0n) is 21.0. The van der Waals surface area contributed by atoms with Gasteiger partial charge in [0.15, 0.2) is 5.13 Å². The molecule has 0 bridgehead atoms. The van der Waals surface area contributed by atoms with Gasteiger partial charge in [0.25, 0.3) is 0 Å². The molecule has 3 aromatic rings. The molecule has 4 rings (SSSR count). The van der Waals surface area contributed by atoms with Crippen LogP contribution in [0.4, 0.5) is 10.8 Å². The van der Waals surface area contributed by atoms with Crippen molar-refractivity contribution in [2.45, 2.75) is 53.3 Å². The fraction of sp³-hybridized carbons (Fsp3) is 0.480. The molecule has 1 aliphatic heterocycles. The van der Waals surface area contributed by atoms with Crippen LogP contribution in [0, 0.1) is 6.92 Å². The molecule has 0 radical (unpaired) electrons. The molecule has 0 aliphatic carbocycles. The number of amides is 1. The molecular weight excluding hydrogens is 480 g/mol. The number of aryl methyl sites for hydroxylation is 1. The van der Waals surface area contributed by atoms with Crippen LogP contribution in [0.25, 0.3) is 10.6 Å². The summed E-state index contributed by atoms with van der Waals surface area (Å²) >= 11 is 3.22. The second kappa shape index (κ2) is 11.0. The van der Waals surface area contributed by atoms with Crippen molar-refractivity contribution in [1.82, 2.24) is 19.8 Å². The largest absolute Gasteiger partial charge is 0.489 e. The van der Waals surface area contributed by atoms with Gasteiger partial charge in [0.2, 0.25) is 5.91 Å². The lowest BCUT2D eigenvalue weighted by atomic mass is 10.1. The number of hydrogen-bond acceptors (Lipinski definition) is 9. The van der Waals surface area contributed by atoms with E-state index in [1.165, 1.54) is 11.3 Å². The van der Waals surface area contributed by atoms with Crippen LogP contribution in [0.1, 0.15) is 48.8 Å². The maximum absolute atomic E-state index is 11.7. The van der Waals surface area contributed by atoms with Crippen LogP contribution < -0.4 is 15.8 Å². The Bertz CT molecular complexity index is 1160. The topological polar surface area (TPSA) is 96.6 Å². The summed E-state index contributed by atoms with van der Waals surface area (Å²) in [5.41, 5.74) is 8.47. The number of nitrogens with zero attached hydrogens (tertiary/aromatic N) is 4. The fourth-order valence-corrected chi connectivity index (χ4v) is 5.93. The highest BCUT2D eigenvalue weighted by Crippen LogP contribution is 2.36. The lowest BCUT2D eigenvalue weighted by Crippen LogP contribution is -2.48.